The number of aromatic nitrogens is 2. The monoisotopic (exact) mass is 288 g/mol. The van der Waals surface area contributed by atoms with Gasteiger partial charge in [0.1, 0.15) is 5.69 Å². The van der Waals surface area contributed by atoms with E-state index in [-0.39, 0.29) is 16.1 Å². The van der Waals surface area contributed by atoms with E-state index < -0.39 is 0 Å². The van der Waals surface area contributed by atoms with Crippen LogP contribution in [0.25, 0.3) is 0 Å². The largest absolute Gasteiger partial charge is 0.375 e. The first-order valence-electron chi connectivity index (χ1n) is 6.80. The van der Waals surface area contributed by atoms with E-state index in [0.717, 1.165) is 11.1 Å². The molecule has 6 heteroatoms. The quantitative estimate of drug-likeness (QED) is 0.690. The first-order valence-corrected chi connectivity index (χ1v) is 6.80. The molecule has 1 aromatic carbocycles. The molecule has 2 aromatic rings. The Hall–Kier alpha value is -2.37. The third-order valence-electron chi connectivity index (χ3n) is 3.16. The van der Waals surface area contributed by atoms with Crippen molar-refractivity contribution < 1.29 is 4.92 Å². The van der Waals surface area contributed by atoms with Crippen LogP contribution in [0.1, 0.15) is 31.9 Å². The number of nitrogens with one attached hydrogen (secondary N) is 1. The van der Waals surface area contributed by atoms with Crippen molar-refractivity contribution in [2.45, 2.75) is 39.8 Å². The average molecular weight is 288 g/mol. The predicted octanol–water partition coefficient (Wildman–Crippen LogP) is 3.47. The summed E-state index contributed by atoms with van der Waals surface area (Å²) in [4.78, 5) is 10.7. The van der Waals surface area contributed by atoms with Crippen LogP contribution in [0.2, 0.25) is 0 Å². The van der Waals surface area contributed by atoms with E-state index in [0.29, 0.717) is 12.2 Å². The van der Waals surface area contributed by atoms with Gasteiger partial charge in [-0.15, -0.1) is 0 Å². The Labute approximate surface area is 123 Å². The Morgan fingerprint density at radius 2 is 2.10 bits per heavy atom. The first kappa shape index (κ1) is 15.0. The summed E-state index contributed by atoms with van der Waals surface area (Å²) in [6, 6.07) is 5.05. The van der Waals surface area contributed by atoms with Gasteiger partial charge in [0.25, 0.3) is 5.69 Å². The Morgan fingerprint density at radius 3 is 2.67 bits per heavy atom. The highest BCUT2D eigenvalue weighted by Gasteiger charge is 2.15. The summed E-state index contributed by atoms with van der Waals surface area (Å²) in [6.07, 6.45) is 3.73. The van der Waals surface area contributed by atoms with Crippen molar-refractivity contribution >= 4 is 11.4 Å². The molecule has 0 aliphatic carbocycles. The third kappa shape index (κ3) is 3.59. The normalized spacial score (nSPS) is 11.4. The Bertz CT molecular complexity index is 656. The summed E-state index contributed by atoms with van der Waals surface area (Å²) in [7, 11) is 0. The lowest BCUT2D eigenvalue weighted by Crippen LogP contribution is -2.21. The smallest absolute Gasteiger partial charge is 0.292 e. The number of aryl methyl sites for hydroxylation is 1. The minimum Gasteiger partial charge on any atom is -0.375 e. The number of nitro groups is 1. The standard InChI is InChI=1S/C15H20N4O2/c1-11-5-6-14(19(20)21)13(7-11)16-8-12-9-17-18(10-12)15(2,3)4/h5-7,9-10,16H,8H2,1-4H3. The summed E-state index contributed by atoms with van der Waals surface area (Å²) >= 11 is 0. The summed E-state index contributed by atoms with van der Waals surface area (Å²) in [5, 5.41) is 18.5. The van der Waals surface area contributed by atoms with Crippen LogP contribution >= 0.6 is 0 Å². The molecule has 112 valence electrons. The molecular weight excluding hydrogens is 268 g/mol. The van der Waals surface area contributed by atoms with E-state index in [9.17, 15) is 10.1 Å². The maximum atomic E-state index is 11.0. The average Bonchev–Trinajstić information content (AvgIpc) is 2.84. The third-order valence-corrected chi connectivity index (χ3v) is 3.16. The number of nitrogens with zero attached hydrogens (tertiary/aromatic N) is 3. The fourth-order valence-corrected chi connectivity index (χ4v) is 1.97. The van der Waals surface area contributed by atoms with Gasteiger partial charge in [-0.1, -0.05) is 6.07 Å². The van der Waals surface area contributed by atoms with Gasteiger partial charge in [-0.3, -0.25) is 14.8 Å². The van der Waals surface area contributed by atoms with Crippen LogP contribution in [0.5, 0.6) is 0 Å². The van der Waals surface area contributed by atoms with Crippen LogP contribution in [0.4, 0.5) is 11.4 Å². The van der Waals surface area contributed by atoms with Crippen LogP contribution < -0.4 is 5.32 Å². The summed E-state index contributed by atoms with van der Waals surface area (Å²) in [5.41, 5.74) is 2.51. The van der Waals surface area contributed by atoms with Gasteiger partial charge in [0, 0.05) is 24.4 Å². The molecule has 0 bridgehead atoms. The second kappa shape index (κ2) is 5.55. The van der Waals surface area contributed by atoms with E-state index >= 15 is 0 Å². The lowest BCUT2D eigenvalue weighted by molar-refractivity contribution is -0.384. The van der Waals surface area contributed by atoms with Crippen LogP contribution in [0, 0.1) is 17.0 Å². The molecule has 2 rings (SSSR count). The fourth-order valence-electron chi connectivity index (χ4n) is 1.97. The van der Waals surface area contributed by atoms with Gasteiger partial charge < -0.3 is 5.32 Å². The van der Waals surface area contributed by atoms with Crippen molar-refractivity contribution in [3.05, 3.63) is 51.8 Å². The van der Waals surface area contributed by atoms with Gasteiger partial charge in [-0.2, -0.15) is 5.10 Å². The number of anilines is 1. The van der Waals surface area contributed by atoms with E-state index in [1.165, 1.54) is 6.07 Å². The summed E-state index contributed by atoms with van der Waals surface area (Å²) in [6.45, 7) is 8.63. The highest BCUT2D eigenvalue weighted by Crippen LogP contribution is 2.25. The van der Waals surface area contributed by atoms with Crippen molar-refractivity contribution in [2.24, 2.45) is 0 Å². The molecule has 0 radical (unpaired) electrons. The van der Waals surface area contributed by atoms with Gasteiger partial charge in [-0.05, 0) is 39.3 Å². The molecular formula is C15H20N4O2. The van der Waals surface area contributed by atoms with E-state index in [2.05, 4.69) is 31.2 Å². The molecule has 1 aromatic heterocycles. The molecule has 0 amide bonds. The number of nitro benzene ring substituents is 1. The van der Waals surface area contributed by atoms with Crippen molar-refractivity contribution in [1.82, 2.24) is 9.78 Å². The first-order chi connectivity index (χ1) is 9.77. The highest BCUT2D eigenvalue weighted by atomic mass is 16.6. The van der Waals surface area contributed by atoms with Gasteiger partial charge in [-0.25, -0.2) is 0 Å². The van der Waals surface area contributed by atoms with Crippen molar-refractivity contribution in [3.63, 3.8) is 0 Å². The summed E-state index contributed by atoms with van der Waals surface area (Å²) in [5.74, 6) is 0. The highest BCUT2D eigenvalue weighted by molar-refractivity contribution is 5.62. The second-order valence-corrected chi connectivity index (χ2v) is 6.10. The van der Waals surface area contributed by atoms with E-state index in [1.807, 2.05) is 17.8 Å². The number of benzene rings is 1. The molecule has 21 heavy (non-hydrogen) atoms. The Morgan fingerprint density at radius 1 is 1.38 bits per heavy atom. The van der Waals surface area contributed by atoms with Gasteiger partial charge in [0.05, 0.1) is 16.7 Å². The number of hydrogen-bond acceptors (Lipinski definition) is 4. The Balaban J connectivity index is 2.15. The predicted molar refractivity (Wildman–Crippen MR) is 82.4 cm³/mol. The molecule has 1 heterocycles. The zero-order valence-electron chi connectivity index (χ0n) is 12.8. The molecule has 0 unspecified atom stereocenters. The molecule has 1 N–H and O–H groups in total. The zero-order chi connectivity index (χ0) is 15.6. The fraction of sp³-hybridized carbons (Fsp3) is 0.400. The Kier molecular flexibility index (Phi) is 3.97. The van der Waals surface area contributed by atoms with Crippen LogP contribution in [-0.4, -0.2) is 14.7 Å². The second-order valence-electron chi connectivity index (χ2n) is 6.10. The lowest BCUT2D eigenvalue weighted by atomic mass is 10.1. The molecule has 0 saturated heterocycles. The molecule has 0 aliphatic heterocycles. The van der Waals surface area contributed by atoms with E-state index in [4.69, 9.17) is 0 Å². The minimum absolute atomic E-state index is 0.0758. The van der Waals surface area contributed by atoms with Crippen LogP contribution in [0.3, 0.4) is 0 Å². The van der Waals surface area contributed by atoms with Gasteiger partial charge in [0.15, 0.2) is 0 Å². The summed E-state index contributed by atoms with van der Waals surface area (Å²) < 4.78 is 1.88. The van der Waals surface area contributed by atoms with Gasteiger partial charge >= 0.3 is 0 Å². The van der Waals surface area contributed by atoms with Gasteiger partial charge in [0.2, 0.25) is 0 Å². The topological polar surface area (TPSA) is 73.0 Å². The van der Waals surface area contributed by atoms with Crippen LogP contribution in [-0.2, 0) is 12.1 Å². The maximum Gasteiger partial charge on any atom is 0.292 e. The zero-order valence-corrected chi connectivity index (χ0v) is 12.8. The van der Waals surface area contributed by atoms with Crippen molar-refractivity contribution in [1.29, 1.82) is 0 Å². The van der Waals surface area contributed by atoms with E-state index in [1.54, 1.807) is 18.3 Å². The van der Waals surface area contributed by atoms with Crippen LogP contribution in [0.15, 0.2) is 30.6 Å². The molecule has 6 nitrogen and oxygen atoms in total. The minimum atomic E-state index is -0.375. The molecule has 0 atom stereocenters. The number of rotatable bonds is 4. The number of hydrogen-bond donors (Lipinski definition) is 1. The SMILES string of the molecule is Cc1ccc([N+](=O)[O-])c(NCc2cnn(C(C)(C)C)c2)c1. The van der Waals surface area contributed by atoms with Crippen molar-refractivity contribution in [3.8, 4) is 0 Å². The lowest BCUT2D eigenvalue weighted by Gasteiger charge is -2.18. The molecule has 0 fully saturated rings. The molecule has 0 saturated carbocycles. The maximum absolute atomic E-state index is 11.0. The van der Waals surface area contributed by atoms with Crippen molar-refractivity contribution in [2.75, 3.05) is 5.32 Å². The molecule has 0 spiro atoms. The molecule has 0 aliphatic rings.